The van der Waals surface area contributed by atoms with Gasteiger partial charge < -0.3 is 10.6 Å². The molecule has 2 heterocycles. The molecule has 1 aliphatic heterocycles. The van der Waals surface area contributed by atoms with E-state index >= 15 is 0 Å². The molecule has 1 aromatic heterocycles. The van der Waals surface area contributed by atoms with E-state index in [0.29, 0.717) is 0 Å². The second-order valence-electron chi connectivity index (χ2n) is 4.68. The number of hydrogen-bond donors (Lipinski definition) is 2. The van der Waals surface area contributed by atoms with Gasteiger partial charge in [0.05, 0.1) is 11.6 Å². The Labute approximate surface area is 107 Å². The van der Waals surface area contributed by atoms with Gasteiger partial charge in [0.2, 0.25) is 5.91 Å². The summed E-state index contributed by atoms with van der Waals surface area (Å²) in [4.78, 5) is 13.5. The fourth-order valence-corrected chi connectivity index (χ4v) is 3.14. The zero-order valence-corrected chi connectivity index (χ0v) is 11.3. The molecular weight excluding hydrogens is 232 g/mol. The molecule has 94 valence electrons. The third kappa shape index (κ3) is 2.53. The molecule has 4 heteroatoms. The fourth-order valence-electron chi connectivity index (χ4n) is 2.41. The minimum Gasteiger partial charge on any atom is -0.347 e. The summed E-state index contributed by atoms with van der Waals surface area (Å²) in [7, 11) is 0. The first-order chi connectivity index (χ1) is 8.18. The average molecular weight is 252 g/mol. The SMILES string of the molecule is CCC1(C(=O)N[C@H](C)c2cccs2)CCCN1. The van der Waals surface area contributed by atoms with Gasteiger partial charge in [-0.25, -0.2) is 0 Å². The van der Waals surface area contributed by atoms with Crippen LogP contribution in [0.5, 0.6) is 0 Å². The smallest absolute Gasteiger partial charge is 0.240 e. The summed E-state index contributed by atoms with van der Waals surface area (Å²) >= 11 is 1.69. The van der Waals surface area contributed by atoms with E-state index in [4.69, 9.17) is 0 Å². The summed E-state index contributed by atoms with van der Waals surface area (Å²) < 4.78 is 0. The Hall–Kier alpha value is -0.870. The van der Waals surface area contributed by atoms with Crippen molar-refractivity contribution in [3.63, 3.8) is 0 Å². The van der Waals surface area contributed by atoms with E-state index in [-0.39, 0.29) is 17.5 Å². The van der Waals surface area contributed by atoms with Crippen LogP contribution >= 0.6 is 11.3 Å². The van der Waals surface area contributed by atoms with Crippen LogP contribution in [0.3, 0.4) is 0 Å². The lowest BCUT2D eigenvalue weighted by molar-refractivity contribution is -0.127. The number of rotatable bonds is 4. The van der Waals surface area contributed by atoms with Crippen LogP contribution in [0.15, 0.2) is 17.5 Å². The van der Waals surface area contributed by atoms with Gasteiger partial charge in [-0.05, 0) is 44.2 Å². The summed E-state index contributed by atoms with van der Waals surface area (Å²) in [6.45, 7) is 5.07. The fraction of sp³-hybridized carbons (Fsp3) is 0.615. The minimum absolute atomic E-state index is 0.105. The highest BCUT2D eigenvalue weighted by Gasteiger charge is 2.39. The minimum atomic E-state index is -0.328. The molecule has 2 rings (SSSR count). The summed E-state index contributed by atoms with van der Waals surface area (Å²) in [5.74, 6) is 0.151. The second-order valence-corrected chi connectivity index (χ2v) is 5.66. The summed E-state index contributed by atoms with van der Waals surface area (Å²) in [5, 5.41) is 8.53. The Morgan fingerprint density at radius 1 is 1.71 bits per heavy atom. The third-order valence-electron chi connectivity index (χ3n) is 3.60. The number of thiophene rings is 1. The molecule has 17 heavy (non-hydrogen) atoms. The first-order valence-electron chi connectivity index (χ1n) is 6.27. The lowest BCUT2D eigenvalue weighted by Gasteiger charge is -2.28. The van der Waals surface area contributed by atoms with Gasteiger partial charge in [-0.3, -0.25) is 4.79 Å². The van der Waals surface area contributed by atoms with Crippen LogP contribution < -0.4 is 10.6 Å². The van der Waals surface area contributed by atoms with Gasteiger partial charge in [0.15, 0.2) is 0 Å². The molecule has 0 aromatic carbocycles. The maximum absolute atomic E-state index is 12.3. The maximum atomic E-state index is 12.3. The number of carbonyl (C=O) groups is 1. The first-order valence-corrected chi connectivity index (χ1v) is 7.15. The van der Waals surface area contributed by atoms with Crippen molar-refractivity contribution in [1.82, 2.24) is 10.6 Å². The molecule has 0 bridgehead atoms. The molecule has 2 atom stereocenters. The van der Waals surface area contributed by atoms with E-state index in [1.807, 2.05) is 18.4 Å². The van der Waals surface area contributed by atoms with Crippen molar-refractivity contribution in [2.75, 3.05) is 6.54 Å². The zero-order valence-electron chi connectivity index (χ0n) is 10.5. The number of hydrogen-bond acceptors (Lipinski definition) is 3. The molecule has 0 aliphatic carbocycles. The molecule has 1 fully saturated rings. The van der Waals surface area contributed by atoms with Gasteiger partial charge >= 0.3 is 0 Å². The van der Waals surface area contributed by atoms with Crippen LogP contribution in [0.2, 0.25) is 0 Å². The average Bonchev–Trinajstić information content (AvgIpc) is 3.01. The summed E-state index contributed by atoms with van der Waals surface area (Å²) in [6, 6.07) is 4.19. The molecule has 3 nitrogen and oxygen atoms in total. The summed E-state index contributed by atoms with van der Waals surface area (Å²) in [6.07, 6.45) is 2.90. The van der Waals surface area contributed by atoms with Crippen molar-refractivity contribution in [3.8, 4) is 0 Å². The van der Waals surface area contributed by atoms with Gasteiger partial charge in [0.25, 0.3) is 0 Å². The number of amides is 1. The zero-order chi connectivity index (χ0) is 12.3. The molecule has 1 aromatic rings. The second kappa shape index (κ2) is 5.19. The molecule has 1 unspecified atom stereocenters. The van der Waals surface area contributed by atoms with E-state index in [1.165, 1.54) is 4.88 Å². The Balaban J connectivity index is 2.01. The van der Waals surface area contributed by atoms with Crippen LogP contribution in [0.4, 0.5) is 0 Å². The van der Waals surface area contributed by atoms with Gasteiger partial charge in [-0.15, -0.1) is 11.3 Å². The molecule has 0 radical (unpaired) electrons. The highest BCUT2D eigenvalue weighted by Crippen LogP contribution is 2.25. The summed E-state index contributed by atoms with van der Waals surface area (Å²) in [5.41, 5.74) is -0.328. The molecule has 2 N–H and O–H groups in total. The van der Waals surface area contributed by atoms with Crippen LogP contribution in [0.25, 0.3) is 0 Å². The van der Waals surface area contributed by atoms with Crippen molar-refractivity contribution in [1.29, 1.82) is 0 Å². The first kappa shape index (κ1) is 12.6. The predicted molar refractivity (Wildman–Crippen MR) is 71.1 cm³/mol. The molecule has 1 aliphatic rings. The van der Waals surface area contributed by atoms with Crippen LogP contribution in [-0.4, -0.2) is 18.0 Å². The largest absolute Gasteiger partial charge is 0.347 e. The number of carbonyl (C=O) groups excluding carboxylic acids is 1. The Morgan fingerprint density at radius 2 is 2.53 bits per heavy atom. The highest BCUT2D eigenvalue weighted by atomic mass is 32.1. The van der Waals surface area contributed by atoms with Crippen LogP contribution in [0, 0.1) is 0 Å². The third-order valence-corrected chi connectivity index (χ3v) is 4.65. The molecule has 0 spiro atoms. The van der Waals surface area contributed by atoms with E-state index in [0.717, 1.165) is 25.8 Å². The molecule has 1 saturated heterocycles. The molecule has 1 amide bonds. The normalized spacial score (nSPS) is 25.8. The van der Waals surface area contributed by atoms with E-state index in [2.05, 4.69) is 23.6 Å². The maximum Gasteiger partial charge on any atom is 0.240 e. The van der Waals surface area contributed by atoms with E-state index < -0.39 is 0 Å². The van der Waals surface area contributed by atoms with Crippen LogP contribution in [0.1, 0.15) is 44.0 Å². The van der Waals surface area contributed by atoms with Gasteiger partial charge in [0.1, 0.15) is 0 Å². The Bertz CT molecular complexity index is 369. The van der Waals surface area contributed by atoms with Crippen molar-refractivity contribution in [3.05, 3.63) is 22.4 Å². The predicted octanol–water partition coefficient (Wildman–Crippen LogP) is 2.46. The van der Waals surface area contributed by atoms with E-state index in [1.54, 1.807) is 11.3 Å². The lowest BCUT2D eigenvalue weighted by Crippen LogP contribution is -2.53. The van der Waals surface area contributed by atoms with Crippen LogP contribution in [-0.2, 0) is 4.79 Å². The van der Waals surface area contributed by atoms with Gasteiger partial charge in [-0.1, -0.05) is 13.0 Å². The van der Waals surface area contributed by atoms with Gasteiger partial charge in [0, 0.05) is 4.88 Å². The Kier molecular flexibility index (Phi) is 3.84. The molecular formula is C13H20N2OS. The molecule has 0 saturated carbocycles. The van der Waals surface area contributed by atoms with Crippen molar-refractivity contribution in [2.45, 2.75) is 44.7 Å². The monoisotopic (exact) mass is 252 g/mol. The quantitative estimate of drug-likeness (QED) is 0.864. The van der Waals surface area contributed by atoms with E-state index in [9.17, 15) is 4.79 Å². The lowest BCUT2D eigenvalue weighted by atomic mass is 9.93. The van der Waals surface area contributed by atoms with Crippen molar-refractivity contribution >= 4 is 17.2 Å². The Morgan fingerprint density at radius 3 is 3.06 bits per heavy atom. The van der Waals surface area contributed by atoms with Gasteiger partial charge in [-0.2, -0.15) is 0 Å². The number of nitrogens with one attached hydrogen (secondary N) is 2. The highest BCUT2D eigenvalue weighted by molar-refractivity contribution is 7.10. The standard InChI is InChI=1S/C13H20N2OS/c1-3-13(7-5-8-14-13)12(16)15-10(2)11-6-4-9-17-11/h4,6,9-10,14H,3,5,7-8H2,1-2H3,(H,15,16)/t10-,13?/m1/s1. The van der Waals surface area contributed by atoms with Crippen molar-refractivity contribution in [2.24, 2.45) is 0 Å². The van der Waals surface area contributed by atoms with Crippen molar-refractivity contribution < 1.29 is 4.79 Å². The topological polar surface area (TPSA) is 41.1 Å².